The van der Waals surface area contributed by atoms with E-state index in [4.69, 9.17) is 5.73 Å². The Hall–Kier alpha value is -2.62. The standard InChI is InChI=1S/C24H37N5O4/c1-29(21-11-12-23(32)28-24(21)33)16-19-18(17-30)8-6-9-20(19)27-22(31)10-4-2-3-5-14-26-15-7-13-25/h6,8-9,17,21,26H,2-5,7,10-16,25H2,1H3,(H,27,31)(H,28,32,33). The number of rotatable bonds is 15. The molecule has 33 heavy (non-hydrogen) atoms. The number of piperidine rings is 1. The summed E-state index contributed by atoms with van der Waals surface area (Å²) in [7, 11) is 1.78. The molecule has 0 radical (unpaired) electrons. The van der Waals surface area contributed by atoms with Gasteiger partial charge in [-0.15, -0.1) is 0 Å². The van der Waals surface area contributed by atoms with Crippen LogP contribution < -0.4 is 21.7 Å². The van der Waals surface area contributed by atoms with Crippen molar-refractivity contribution in [3.63, 3.8) is 0 Å². The topological polar surface area (TPSA) is 134 Å². The lowest BCUT2D eigenvalue weighted by molar-refractivity contribution is -0.137. The van der Waals surface area contributed by atoms with E-state index in [1.165, 1.54) is 0 Å². The van der Waals surface area contributed by atoms with Crippen molar-refractivity contribution in [1.29, 1.82) is 0 Å². The number of benzene rings is 1. The second-order valence-corrected chi connectivity index (χ2v) is 8.48. The van der Waals surface area contributed by atoms with Crippen LogP contribution in [0.3, 0.4) is 0 Å². The first-order valence-corrected chi connectivity index (χ1v) is 11.8. The molecule has 1 saturated heterocycles. The predicted molar refractivity (Wildman–Crippen MR) is 128 cm³/mol. The largest absolute Gasteiger partial charge is 0.330 e. The van der Waals surface area contributed by atoms with E-state index in [0.717, 1.165) is 51.5 Å². The number of carbonyl (C=O) groups excluding carboxylic acids is 4. The van der Waals surface area contributed by atoms with E-state index < -0.39 is 6.04 Å². The molecule has 2 rings (SSSR count). The number of hydrogen-bond acceptors (Lipinski definition) is 7. The monoisotopic (exact) mass is 459 g/mol. The fourth-order valence-electron chi connectivity index (χ4n) is 3.92. The van der Waals surface area contributed by atoms with Crippen LogP contribution in [0.5, 0.6) is 0 Å². The van der Waals surface area contributed by atoms with Gasteiger partial charge in [0.05, 0.1) is 6.04 Å². The number of unbranched alkanes of at least 4 members (excludes halogenated alkanes) is 3. The van der Waals surface area contributed by atoms with Crippen molar-refractivity contribution >= 4 is 29.7 Å². The van der Waals surface area contributed by atoms with Crippen LogP contribution in [-0.4, -0.2) is 61.6 Å². The van der Waals surface area contributed by atoms with Gasteiger partial charge in [-0.2, -0.15) is 0 Å². The molecule has 1 aromatic carbocycles. The molecule has 9 heteroatoms. The van der Waals surface area contributed by atoms with E-state index in [1.54, 1.807) is 30.1 Å². The zero-order valence-electron chi connectivity index (χ0n) is 19.5. The second-order valence-electron chi connectivity index (χ2n) is 8.48. The summed E-state index contributed by atoms with van der Waals surface area (Å²) >= 11 is 0. The van der Waals surface area contributed by atoms with Crippen LogP contribution >= 0.6 is 0 Å². The lowest BCUT2D eigenvalue weighted by Gasteiger charge is -2.30. The third-order valence-corrected chi connectivity index (χ3v) is 5.83. The maximum Gasteiger partial charge on any atom is 0.243 e. The molecular formula is C24H37N5O4. The van der Waals surface area contributed by atoms with Gasteiger partial charge in [-0.25, -0.2) is 0 Å². The van der Waals surface area contributed by atoms with Gasteiger partial charge < -0.3 is 16.4 Å². The highest BCUT2D eigenvalue weighted by Crippen LogP contribution is 2.23. The predicted octanol–water partition coefficient (Wildman–Crippen LogP) is 1.56. The lowest BCUT2D eigenvalue weighted by atomic mass is 10.0. The first kappa shape index (κ1) is 26.6. The molecule has 9 nitrogen and oxygen atoms in total. The fourth-order valence-corrected chi connectivity index (χ4v) is 3.92. The molecule has 0 aliphatic carbocycles. The van der Waals surface area contributed by atoms with Crippen molar-refractivity contribution in [2.45, 2.75) is 64.0 Å². The van der Waals surface area contributed by atoms with Crippen LogP contribution in [-0.2, 0) is 20.9 Å². The van der Waals surface area contributed by atoms with Gasteiger partial charge >= 0.3 is 0 Å². The molecule has 1 atom stereocenters. The minimum absolute atomic E-state index is 0.0935. The van der Waals surface area contributed by atoms with E-state index in [0.29, 0.717) is 42.7 Å². The molecule has 0 bridgehead atoms. The molecule has 1 fully saturated rings. The Kier molecular flexibility index (Phi) is 11.7. The number of aldehydes is 1. The molecule has 1 aliphatic heterocycles. The Balaban J connectivity index is 1.86. The van der Waals surface area contributed by atoms with Gasteiger partial charge in [0.1, 0.15) is 6.29 Å². The Bertz CT molecular complexity index is 814. The molecule has 1 aromatic rings. The first-order chi connectivity index (χ1) is 16.0. The van der Waals surface area contributed by atoms with Gasteiger partial charge in [-0.3, -0.25) is 29.4 Å². The van der Waals surface area contributed by atoms with Gasteiger partial charge in [-0.05, 0) is 58.4 Å². The summed E-state index contributed by atoms with van der Waals surface area (Å²) < 4.78 is 0. The minimum Gasteiger partial charge on any atom is -0.330 e. The number of anilines is 1. The van der Waals surface area contributed by atoms with E-state index >= 15 is 0 Å². The molecule has 0 saturated carbocycles. The zero-order valence-corrected chi connectivity index (χ0v) is 19.5. The first-order valence-electron chi connectivity index (χ1n) is 11.8. The van der Waals surface area contributed by atoms with Crippen LogP contribution in [0.15, 0.2) is 18.2 Å². The van der Waals surface area contributed by atoms with Gasteiger partial charge in [0.2, 0.25) is 17.7 Å². The highest BCUT2D eigenvalue weighted by molar-refractivity contribution is 6.00. The highest BCUT2D eigenvalue weighted by Gasteiger charge is 2.30. The number of carbonyl (C=O) groups is 4. The Morgan fingerprint density at radius 3 is 2.67 bits per heavy atom. The average molecular weight is 460 g/mol. The number of imide groups is 1. The molecular weight excluding hydrogens is 422 g/mol. The van der Waals surface area contributed by atoms with Crippen molar-refractivity contribution in [3.8, 4) is 0 Å². The SMILES string of the molecule is CN(Cc1c(C=O)cccc1NC(=O)CCCCCCNCCCN)C1CCC(=O)NC1=O. The van der Waals surface area contributed by atoms with E-state index in [-0.39, 0.29) is 24.1 Å². The Morgan fingerprint density at radius 2 is 1.94 bits per heavy atom. The second kappa shape index (κ2) is 14.5. The van der Waals surface area contributed by atoms with Crippen LogP contribution in [0, 0.1) is 0 Å². The van der Waals surface area contributed by atoms with Crippen molar-refractivity contribution in [1.82, 2.24) is 15.5 Å². The van der Waals surface area contributed by atoms with Gasteiger partial charge in [0, 0.05) is 36.2 Å². The summed E-state index contributed by atoms with van der Waals surface area (Å²) in [5.41, 5.74) is 7.17. The number of amides is 3. The highest BCUT2D eigenvalue weighted by atomic mass is 16.2. The molecule has 0 aromatic heterocycles. The van der Waals surface area contributed by atoms with E-state index in [2.05, 4.69) is 16.0 Å². The van der Waals surface area contributed by atoms with Crippen LogP contribution in [0.4, 0.5) is 5.69 Å². The Labute approximate surface area is 195 Å². The summed E-state index contributed by atoms with van der Waals surface area (Å²) in [5.74, 6) is -0.699. The molecule has 182 valence electrons. The number of nitrogens with two attached hydrogens (primary N) is 1. The van der Waals surface area contributed by atoms with Gasteiger partial charge in [0.15, 0.2) is 0 Å². The van der Waals surface area contributed by atoms with Crippen molar-refractivity contribution in [3.05, 3.63) is 29.3 Å². The molecule has 5 N–H and O–H groups in total. The van der Waals surface area contributed by atoms with Gasteiger partial charge in [-0.1, -0.05) is 25.0 Å². The Morgan fingerprint density at radius 1 is 1.18 bits per heavy atom. The average Bonchev–Trinajstić information content (AvgIpc) is 2.79. The number of nitrogens with one attached hydrogen (secondary N) is 3. The third kappa shape index (κ3) is 9.03. The third-order valence-electron chi connectivity index (χ3n) is 5.83. The maximum absolute atomic E-state index is 12.5. The van der Waals surface area contributed by atoms with Crippen LogP contribution in [0.1, 0.15) is 67.3 Å². The lowest BCUT2D eigenvalue weighted by Crippen LogP contribution is -2.51. The number of nitrogens with zero attached hydrogens (tertiary/aromatic N) is 1. The number of hydrogen-bond donors (Lipinski definition) is 4. The summed E-state index contributed by atoms with van der Waals surface area (Å²) in [6.45, 7) is 2.91. The van der Waals surface area contributed by atoms with Crippen LogP contribution in [0.25, 0.3) is 0 Å². The molecule has 1 aliphatic rings. The maximum atomic E-state index is 12.5. The molecule has 1 unspecified atom stereocenters. The summed E-state index contributed by atoms with van der Waals surface area (Å²) in [4.78, 5) is 49.5. The molecule has 3 amide bonds. The van der Waals surface area contributed by atoms with Crippen molar-refractivity contribution in [2.24, 2.45) is 5.73 Å². The van der Waals surface area contributed by atoms with Crippen molar-refractivity contribution < 1.29 is 19.2 Å². The van der Waals surface area contributed by atoms with Gasteiger partial charge in [0.25, 0.3) is 0 Å². The van der Waals surface area contributed by atoms with E-state index in [9.17, 15) is 19.2 Å². The van der Waals surface area contributed by atoms with Crippen molar-refractivity contribution in [2.75, 3.05) is 32.0 Å². The van der Waals surface area contributed by atoms with E-state index in [1.807, 2.05) is 0 Å². The summed E-state index contributed by atoms with van der Waals surface area (Å²) in [6, 6.07) is 4.73. The minimum atomic E-state index is -0.462. The zero-order chi connectivity index (χ0) is 24.1. The smallest absolute Gasteiger partial charge is 0.243 e. The molecule has 0 spiro atoms. The summed E-state index contributed by atoms with van der Waals surface area (Å²) in [5, 5.41) is 8.63. The fraction of sp³-hybridized carbons (Fsp3) is 0.583. The summed E-state index contributed by atoms with van der Waals surface area (Å²) in [6.07, 6.45) is 6.77. The number of likely N-dealkylation sites (N-methyl/N-ethyl adjacent to an activating group) is 1. The quantitative estimate of drug-likeness (QED) is 0.178. The normalized spacial score (nSPS) is 16.0. The van der Waals surface area contributed by atoms with Crippen LogP contribution in [0.2, 0.25) is 0 Å². The molecule has 1 heterocycles.